The Balaban J connectivity index is 1.63. The standard InChI is InChI=1S/C23H17N5O4/c1-32-22-20(23(29)27-30)16-11-24-9-8-17(16)26-21(22)14-4-2-13(3-5-14)15-6-7-19-18(10-15)25-12-28(19)31/h2-12,30-31H,1H3,(H,27,29). The van der Waals surface area contributed by atoms with Gasteiger partial charge in [-0.05, 0) is 29.3 Å². The molecule has 3 N–H and O–H groups in total. The molecule has 0 aliphatic carbocycles. The van der Waals surface area contributed by atoms with E-state index in [0.29, 0.717) is 27.6 Å². The van der Waals surface area contributed by atoms with Crippen molar-refractivity contribution in [2.24, 2.45) is 0 Å². The lowest BCUT2D eigenvalue weighted by molar-refractivity contribution is 0.0705. The van der Waals surface area contributed by atoms with Gasteiger partial charge in [-0.3, -0.25) is 15.0 Å². The number of carbonyl (C=O) groups excluding carboxylic acids is 1. The van der Waals surface area contributed by atoms with Gasteiger partial charge in [0.1, 0.15) is 17.5 Å². The molecule has 3 aromatic heterocycles. The van der Waals surface area contributed by atoms with Crippen molar-refractivity contribution in [1.29, 1.82) is 0 Å². The van der Waals surface area contributed by atoms with E-state index in [4.69, 9.17) is 4.74 Å². The predicted molar refractivity (Wildman–Crippen MR) is 117 cm³/mol. The molecule has 5 rings (SSSR count). The molecule has 0 saturated heterocycles. The number of rotatable bonds is 4. The molecule has 0 saturated carbocycles. The number of imidazole rings is 1. The molecular formula is C23H17N5O4. The largest absolute Gasteiger partial charge is 0.494 e. The molecule has 1 amide bonds. The molecule has 0 radical (unpaired) electrons. The van der Waals surface area contributed by atoms with Crippen LogP contribution in [0.25, 0.3) is 44.3 Å². The minimum absolute atomic E-state index is 0.150. The van der Waals surface area contributed by atoms with Crippen molar-refractivity contribution in [3.05, 3.63) is 72.8 Å². The van der Waals surface area contributed by atoms with Crippen LogP contribution in [0.2, 0.25) is 0 Å². The minimum atomic E-state index is -0.711. The first-order chi connectivity index (χ1) is 15.6. The van der Waals surface area contributed by atoms with Gasteiger partial charge in [0, 0.05) is 23.3 Å². The number of nitrogens with zero attached hydrogens (tertiary/aromatic N) is 4. The van der Waals surface area contributed by atoms with Crippen LogP contribution in [0, 0.1) is 0 Å². The van der Waals surface area contributed by atoms with Crippen molar-refractivity contribution in [2.75, 3.05) is 7.11 Å². The summed E-state index contributed by atoms with van der Waals surface area (Å²) in [6.45, 7) is 0. The van der Waals surface area contributed by atoms with Gasteiger partial charge >= 0.3 is 0 Å². The average molecular weight is 427 g/mol. The molecule has 0 fully saturated rings. The van der Waals surface area contributed by atoms with Gasteiger partial charge in [0.2, 0.25) is 0 Å². The highest BCUT2D eigenvalue weighted by molar-refractivity contribution is 6.09. The number of methoxy groups -OCH3 is 1. The van der Waals surface area contributed by atoms with Crippen molar-refractivity contribution in [1.82, 2.24) is 25.2 Å². The number of fused-ring (bicyclic) bond motifs is 2. The Kier molecular flexibility index (Phi) is 4.65. The number of amides is 1. The zero-order chi connectivity index (χ0) is 22.2. The predicted octanol–water partition coefficient (Wildman–Crippen LogP) is 3.68. The number of benzene rings is 2. The number of carbonyl (C=O) groups is 1. The third-order valence-electron chi connectivity index (χ3n) is 5.29. The fourth-order valence-electron chi connectivity index (χ4n) is 3.76. The topological polar surface area (TPSA) is 122 Å². The maximum Gasteiger partial charge on any atom is 0.279 e. The number of hydrogen-bond acceptors (Lipinski definition) is 7. The molecule has 2 aromatic carbocycles. The van der Waals surface area contributed by atoms with E-state index in [-0.39, 0.29) is 11.3 Å². The highest BCUT2D eigenvalue weighted by Crippen LogP contribution is 2.36. The van der Waals surface area contributed by atoms with E-state index in [1.165, 1.54) is 19.6 Å². The third kappa shape index (κ3) is 3.08. The fraction of sp³-hybridized carbons (Fsp3) is 0.0435. The molecule has 0 atom stereocenters. The minimum Gasteiger partial charge on any atom is -0.494 e. The van der Waals surface area contributed by atoms with E-state index >= 15 is 0 Å². The van der Waals surface area contributed by atoms with E-state index in [0.717, 1.165) is 21.4 Å². The van der Waals surface area contributed by atoms with E-state index in [1.54, 1.807) is 23.8 Å². The summed E-state index contributed by atoms with van der Waals surface area (Å²) in [5.74, 6) is -0.476. The first-order valence-electron chi connectivity index (χ1n) is 9.64. The lowest BCUT2D eigenvalue weighted by Crippen LogP contribution is -2.20. The molecule has 5 aromatic rings. The number of hydrogen-bond donors (Lipinski definition) is 3. The maximum absolute atomic E-state index is 12.4. The summed E-state index contributed by atoms with van der Waals surface area (Å²) in [5, 5.41) is 19.4. The van der Waals surface area contributed by atoms with Crippen molar-refractivity contribution in [3.8, 4) is 28.1 Å². The SMILES string of the molecule is COc1c(-c2ccc(-c3ccc4c(c3)ncn4O)cc2)nc2ccncc2c1C(=O)NO. The van der Waals surface area contributed by atoms with Gasteiger partial charge in [0.05, 0.1) is 23.7 Å². The molecule has 3 heterocycles. The summed E-state index contributed by atoms with van der Waals surface area (Å²) < 4.78 is 6.51. The molecule has 0 bridgehead atoms. The Morgan fingerprint density at radius 2 is 1.78 bits per heavy atom. The average Bonchev–Trinajstić information content (AvgIpc) is 3.22. The summed E-state index contributed by atoms with van der Waals surface area (Å²) in [4.78, 5) is 25.3. The molecule has 0 aliphatic heterocycles. The van der Waals surface area contributed by atoms with Crippen LogP contribution in [-0.4, -0.2) is 43.1 Å². The smallest absolute Gasteiger partial charge is 0.279 e. The zero-order valence-corrected chi connectivity index (χ0v) is 16.9. The van der Waals surface area contributed by atoms with Crippen LogP contribution in [0.15, 0.2) is 67.3 Å². The molecule has 0 spiro atoms. The van der Waals surface area contributed by atoms with Crippen molar-refractivity contribution in [2.45, 2.75) is 0 Å². The summed E-state index contributed by atoms with van der Waals surface area (Å²) in [7, 11) is 1.45. The van der Waals surface area contributed by atoms with Crippen molar-refractivity contribution >= 4 is 27.8 Å². The Morgan fingerprint density at radius 1 is 1.03 bits per heavy atom. The number of ether oxygens (including phenoxy) is 1. The second-order valence-electron chi connectivity index (χ2n) is 7.07. The van der Waals surface area contributed by atoms with Crippen molar-refractivity contribution in [3.63, 3.8) is 0 Å². The Labute approximate surface area is 181 Å². The monoisotopic (exact) mass is 427 g/mol. The number of hydroxylamine groups is 1. The molecule has 0 unspecified atom stereocenters. The van der Waals surface area contributed by atoms with Gasteiger partial charge in [0.25, 0.3) is 5.91 Å². The van der Waals surface area contributed by atoms with Crippen LogP contribution in [0.1, 0.15) is 10.4 Å². The lowest BCUT2D eigenvalue weighted by Gasteiger charge is -2.15. The van der Waals surface area contributed by atoms with Gasteiger partial charge in [-0.2, -0.15) is 4.73 Å². The van der Waals surface area contributed by atoms with E-state index in [2.05, 4.69) is 15.0 Å². The van der Waals surface area contributed by atoms with Crippen LogP contribution in [0.5, 0.6) is 5.75 Å². The fourth-order valence-corrected chi connectivity index (χ4v) is 3.76. The van der Waals surface area contributed by atoms with Crippen molar-refractivity contribution < 1.29 is 19.9 Å². The summed E-state index contributed by atoms with van der Waals surface area (Å²) in [6, 6.07) is 14.9. The van der Waals surface area contributed by atoms with Crippen LogP contribution < -0.4 is 10.2 Å². The summed E-state index contributed by atoms with van der Waals surface area (Å²) >= 11 is 0. The van der Waals surface area contributed by atoms with Crippen LogP contribution in [0.3, 0.4) is 0 Å². The normalized spacial score (nSPS) is 11.1. The first kappa shape index (κ1) is 19.5. The van der Waals surface area contributed by atoms with Gasteiger partial charge < -0.3 is 9.94 Å². The second-order valence-corrected chi connectivity index (χ2v) is 7.07. The molecule has 9 nitrogen and oxygen atoms in total. The highest BCUT2D eigenvalue weighted by Gasteiger charge is 2.22. The van der Waals surface area contributed by atoms with Gasteiger partial charge in [0.15, 0.2) is 5.75 Å². The van der Waals surface area contributed by atoms with Crippen LogP contribution >= 0.6 is 0 Å². The highest BCUT2D eigenvalue weighted by atomic mass is 16.5. The second kappa shape index (κ2) is 7.64. The van der Waals surface area contributed by atoms with E-state index < -0.39 is 5.91 Å². The molecule has 32 heavy (non-hydrogen) atoms. The Morgan fingerprint density at radius 3 is 2.53 bits per heavy atom. The molecule has 9 heteroatoms. The third-order valence-corrected chi connectivity index (χ3v) is 5.29. The van der Waals surface area contributed by atoms with Gasteiger partial charge in [-0.1, -0.05) is 30.3 Å². The Bertz CT molecular complexity index is 1480. The van der Waals surface area contributed by atoms with Gasteiger partial charge in [-0.15, -0.1) is 0 Å². The quantitative estimate of drug-likeness (QED) is 0.227. The molecule has 158 valence electrons. The molecular weight excluding hydrogens is 410 g/mol. The molecule has 0 aliphatic rings. The van der Waals surface area contributed by atoms with E-state index in [1.807, 2.05) is 36.4 Å². The van der Waals surface area contributed by atoms with Crippen LogP contribution in [0.4, 0.5) is 0 Å². The first-order valence-corrected chi connectivity index (χ1v) is 9.64. The number of pyridine rings is 2. The Hall–Kier alpha value is -4.50. The van der Waals surface area contributed by atoms with Crippen LogP contribution in [-0.2, 0) is 0 Å². The summed E-state index contributed by atoms with van der Waals surface area (Å²) in [5.41, 5.74) is 6.75. The maximum atomic E-state index is 12.4. The summed E-state index contributed by atoms with van der Waals surface area (Å²) in [6.07, 6.45) is 4.44. The zero-order valence-electron chi connectivity index (χ0n) is 16.9. The number of nitrogens with one attached hydrogen (secondary N) is 1. The van der Waals surface area contributed by atoms with E-state index in [9.17, 15) is 15.2 Å². The van der Waals surface area contributed by atoms with Gasteiger partial charge in [-0.25, -0.2) is 15.4 Å². The number of aromatic nitrogens is 4. The lowest BCUT2D eigenvalue weighted by atomic mass is 9.99.